The summed E-state index contributed by atoms with van der Waals surface area (Å²) in [6.07, 6.45) is 3.24. The van der Waals surface area contributed by atoms with Crippen LogP contribution in [-0.2, 0) is 16.9 Å². The first-order valence-electron chi connectivity index (χ1n) is 9.23. The maximum atomic E-state index is 14.7. The fourth-order valence-electron chi connectivity index (χ4n) is 3.56. The zero-order valence-electron chi connectivity index (χ0n) is 16.6. The van der Waals surface area contributed by atoms with Gasteiger partial charge >= 0.3 is 6.03 Å². The second kappa shape index (κ2) is 7.67. The van der Waals surface area contributed by atoms with Gasteiger partial charge in [0, 0.05) is 19.8 Å². The third kappa shape index (κ3) is 3.33. The summed E-state index contributed by atoms with van der Waals surface area (Å²) < 4.78 is 25.3. The molecular formula is C20H18FN5O5. The molecule has 2 N–H and O–H groups in total. The minimum Gasteiger partial charge on any atom is -0.494 e. The summed E-state index contributed by atoms with van der Waals surface area (Å²) in [7, 11) is 2.69. The van der Waals surface area contributed by atoms with Crippen molar-refractivity contribution in [2.24, 2.45) is 0 Å². The first kappa shape index (κ1) is 20.3. The quantitative estimate of drug-likeness (QED) is 0.569. The molecule has 0 radical (unpaired) electrons. The SMILES string of the molecule is CNC(=O)N[C@@](C=O)(CN1Cc2ccc(OC)c(F)c2C1=O)c1cc2cncnc2o1. The highest BCUT2D eigenvalue weighted by Crippen LogP contribution is 2.34. The number of hydrogen-bond donors (Lipinski definition) is 2. The maximum absolute atomic E-state index is 14.7. The average Bonchev–Trinajstić information content (AvgIpc) is 3.35. The van der Waals surface area contributed by atoms with Crippen LogP contribution in [0, 0.1) is 5.82 Å². The van der Waals surface area contributed by atoms with Gasteiger partial charge in [-0.25, -0.2) is 19.2 Å². The van der Waals surface area contributed by atoms with Crippen molar-refractivity contribution in [3.8, 4) is 5.75 Å². The van der Waals surface area contributed by atoms with E-state index in [9.17, 15) is 18.8 Å². The number of urea groups is 1. The van der Waals surface area contributed by atoms with Gasteiger partial charge in [-0.15, -0.1) is 0 Å². The number of aldehydes is 1. The maximum Gasteiger partial charge on any atom is 0.315 e. The van der Waals surface area contributed by atoms with E-state index in [1.54, 1.807) is 6.07 Å². The molecule has 3 heterocycles. The summed E-state index contributed by atoms with van der Waals surface area (Å²) in [6, 6.07) is 3.85. The van der Waals surface area contributed by atoms with Gasteiger partial charge in [-0.05, 0) is 17.7 Å². The molecule has 1 aromatic carbocycles. The van der Waals surface area contributed by atoms with Crippen molar-refractivity contribution in [2.75, 3.05) is 20.7 Å². The molecule has 1 atom stereocenters. The molecule has 0 saturated carbocycles. The number of nitrogens with zero attached hydrogens (tertiary/aromatic N) is 3. The van der Waals surface area contributed by atoms with Crippen molar-refractivity contribution in [3.63, 3.8) is 0 Å². The van der Waals surface area contributed by atoms with E-state index in [0.717, 1.165) is 0 Å². The molecule has 0 aliphatic carbocycles. The minimum absolute atomic E-state index is 0.0418. The van der Waals surface area contributed by atoms with Crippen LogP contribution in [0.15, 0.2) is 35.1 Å². The number of nitrogens with one attached hydrogen (secondary N) is 2. The summed E-state index contributed by atoms with van der Waals surface area (Å²) in [4.78, 5) is 46.6. The fourth-order valence-corrected chi connectivity index (χ4v) is 3.56. The topological polar surface area (TPSA) is 127 Å². The molecule has 3 aromatic rings. The third-order valence-corrected chi connectivity index (χ3v) is 5.12. The lowest BCUT2D eigenvalue weighted by Crippen LogP contribution is -2.56. The second-order valence-electron chi connectivity index (χ2n) is 6.96. The van der Waals surface area contributed by atoms with Crippen molar-refractivity contribution in [1.29, 1.82) is 0 Å². The molecule has 2 aromatic heterocycles. The third-order valence-electron chi connectivity index (χ3n) is 5.12. The Hall–Kier alpha value is -4.02. The van der Waals surface area contributed by atoms with Gasteiger partial charge in [0.25, 0.3) is 5.91 Å². The van der Waals surface area contributed by atoms with Crippen LogP contribution in [0.1, 0.15) is 21.7 Å². The van der Waals surface area contributed by atoms with E-state index in [-0.39, 0.29) is 35.9 Å². The van der Waals surface area contributed by atoms with Gasteiger partial charge in [0.2, 0.25) is 5.71 Å². The molecule has 0 fully saturated rings. The van der Waals surface area contributed by atoms with Crippen LogP contribution in [0.3, 0.4) is 0 Å². The molecule has 0 saturated heterocycles. The van der Waals surface area contributed by atoms with Crippen molar-refractivity contribution in [1.82, 2.24) is 25.5 Å². The number of aromatic nitrogens is 2. The van der Waals surface area contributed by atoms with Crippen LogP contribution in [0.25, 0.3) is 11.1 Å². The summed E-state index contributed by atoms with van der Waals surface area (Å²) >= 11 is 0. The summed E-state index contributed by atoms with van der Waals surface area (Å²) in [5.74, 6) is -1.41. The lowest BCUT2D eigenvalue weighted by molar-refractivity contribution is -0.114. The van der Waals surface area contributed by atoms with Crippen molar-refractivity contribution < 1.29 is 27.9 Å². The van der Waals surface area contributed by atoms with Gasteiger partial charge in [-0.1, -0.05) is 6.07 Å². The largest absolute Gasteiger partial charge is 0.494 e. The van der Waals surface area contributed by atoms with E-state index in [2.05, 4.69) is 20.6 Å². The summed E-state index contributed by atoms with van der Waals surface area (Å²) in [6.45, 7) is -0.257. The first-order valence-corrected chi connectivity index (χ1v) is 9.23. The normalized spacial score (nSPS) is 14.8. The molecule has 31 heavy (non-hydrogen) atoms. The molecule has 11 heteroatoms. The van der Waals surface area contributed by atoms with Gasteiger partial charge < -0.3 is 29.5 Å². The van der Waals surface area contributed by atoms with E-state index in [4.69, 9.17) is 9.15 Å². The summed E-state index contributed by atoms with van der Waals surface area (Å²) in [5.41, 5.74) is -1.23. The van der Waals surface area contributed by atoms with Gasteiger partial charge in [0.1, 0.15) is 12.1 Å². The van der Waals surface area contributed by atoms with Gasteiger partial charge in [0.05, 0.1) is 24.6 Å². The molecule has 3 amide bonds. The van der Waals surface area contributed by atoms with Crippen LogP contribution in [0.5, 0.6) is 5.75 Å². The Morgan fingerprint density at radius 3 is 2.94 bits per heavy atom. The fraction of sp³-hybridized carbons (Fsp3) is 0.250. The van der Waals surface area contributed by atoms with Gasteiger partial charge in [-0.2, -0.15) is 0 Å². The first-order chi connectivity index (χ1) is 14.9. The number of methoxy groups -OCH3 is 1. The number of carbonyl (C=O) groups excluding carboxylic acids is 3. The Labute approximate surface area is 175 Å². The molecule has 4 rings (SSSR count). The molecule has 0 spiro atoms. The Balaban J connectivity index is 1.74. The molecule has 0 unspecified atom stereocenters. The monoisotopic (exact) mass is 427 g/mol. The minimum atomic E-state index is -1.75. The lowest BCUT2D eigenvalue weighted by atomic mass is 9.97. The number of halogens is 1. The zero-order chi connectivity index (χ0) is 22.2. The highest BCUT2D eigenvalue weighted by atomic mass is 19.1. The number of carbonyl (C=O) groups is 3. The number of amides is 3. The Morgan fingerprint density at radius 1 is 1.45 bits per heavy atom. The number of hydrogen-bond acceptors (Lipinski definition) is 7. The smallest absolute Gasteiger partial charge is 0.315 e. The number of furan rings is 1. The molecule has 1 aliphatic heterocycles. The van der Waals surface area contributed by atoms with E-state index < -0.39 is 23.3 Å². The van der Waals surface area contributed by atoms with Crippen LogP contribution < -0.4 is 15.4 Å². The Bertz CT molecular complexity index is 1160. The molecule has 10 nitrogen and oxygen atoms in total. The van der Waals surface area contributed by atoms with Crippen molar-refractivity contribution in [2.45, 2.75) is 12.1 Å². The van der Waals surface area contributed by atoms with Crippen molar-refractivity contribution in [3.05, 3.63) is 53.4 Å². The molecular weight excluding hydrogens is 409 g/mol. The van der Waals surface area contributed by atoms with Crippen LogP contribution in [-0.4, -0.2) is 53.8 Å². The predicted molar refractivity (Wildman–Crippen MR) is 105 cm³/mol. The Kier molecular flexibility index (Phi) is 5.01. The van der Waals surface area contributed by atoms with Crippen LogP contribution in [0.2, 0.25) is 0 Å². The standard InChI is InChI=1S/C20H18FN5O5/c1-22-19(29)25-20(9-27,14-5-12-6-23-10-24-17(12)31-14)8-26-7-11-3-4-13(30-2)16(21)15(11)18(26)28/h3-6,9-10H,7-8H2,1-2H3,(H2,22,25,29)/t20-/m1/s1. The molecule has 0 bridgehead atoms. The van der Waals surface area contributed by atoms with Crippen LogP contribution in [0.4, 0.5) is 9.18 Å². The number of benzene rings is 1. The summed E-state index contributed by atoms with van der Waals surface area (Å²) in [5, 5.41) is 5.43. The molecule has 1 aliphatic rings. The van der Waals surface area contributed by atoms with Crippen molar-refractivity contribution >= 4 is 29.3 Å². The zero-order valence-corrected chi connectivity index (χ0v) is 16.6. The van der Waals surface area contributed by atoms with E-state index in [1.165, 1.54) is 43.7 Å². The number of ether oxygens (including phenoxy) is 1. The van der Waals surface area contributed by atoms with Gasteiger partial charge in [0.15, 0.2) is 23.4 Å². The Morgan fingerprint density at radius 2 is 2.26 bits per heavy atom. The van der Waals surface area contributed by atoms with E-state index in [1.807, 2.05) is 0 Å². The average molecular weight is 427 g/mol. The number of rotatable bonds is 6. The number of fused-ring (bicyclic) bond motifs is 2. The van der Waals surface area contributed by atoms with E-state index in [0.29, 0.717) is 17.2 Å². The second-order valence-corrected chi connectivity index (χ2v) is 6.96. The predicted octanol–water partition coefficient (Wildman–Crippen LogP) is 1.35. The lowest BCUT2D eigenvalue weighted by Gasteiger charge is -2.31. The highest BCUT2D eigenvalue weighted by molar-refractivity contribution is 5.99. The van der Waals surface area contributed by atoms with E-state index >= 15 is 0 Å². The highest BCUT2D eigenvalue weighted by Gasteiger charge is 2.43. The van der Waals surface area contributed by atoms with Gasteiger partial charge in [-0.3, -0.25) is 4.79 Å². The van der Waals surface area contributed by atoms with Crippen LogP contribution >= 0.6 is 0 Å². The molecule has 160 valence electrons.